The van der Waals surface area contributed by atoms with Crippen molar-refractivity contribution in [2.45, 2.75) is 11.9 Å². The summed E-state index contributed by atoms with van der Waals surface area (Å²) in [7, 11) is 0. The van der Waals surface area contributed by atoms with Crippen molar-refractivity contribution in [3.05, 3.63) is 68.2 Å². The standard InChI is InChI=1S/C14H11Br2NO3/c15-8-11-6-7-12(17(18)19)14(13(11)16)20-9-10-4-2-1-3-5-10/h1-7H,8-9H2. The number of benzene rings is 2. The number of ether oxygens (including phenoxy) is 1. The van der Waals surface area contributed by atoms with Gasteiger partial charge in [0.15, 0.2) is 0 Å². The molecule has 2 rings (SSSR count). The van der Waals surface area contributed by atoms with Crippen molar-refractivity contribution in [1.29, 1.82) is 0 Å². The Bertz CT molecular complexity index is 617. The second-order valence-electron chi connectivity index (χ2n) is 4.05. The molecule has 0 aromatic heterocycles. The van der Waals surface area contributed by atoms with Gasteiger partial charge in [0.25, 0.3) is 0 Å². The summed E-state index contributed by atoms with van der Waals surface area (Å²) in [5, 5.41) is 11.7. The molecule has 0 radical (unpaired) electrons. The zero-order valence-electron chi connectivity index (χ0n) is 10.4. The predicted octanol–water partition coefficient (Wildman–Crippen LogP) is 4.83. The minimum Gasteiger partial charge on any atom is -0.481 e. The largest absolute Gasteiger partial charge is 0.481 e. The lowest BCUT2D eigenvalue weighted by Gasteiger charge is -2.11. The average molecular weight is 401 g/mol. The monoisotopic (exact) mass is 399 g/mol. The van der Waals surface area contributed by atoms with Crippen LogP contribution in [0, 0.1) is 10.1 Å². The van der Waals surface area contributed by atoms with Gasteiger partial charge in [-0.3, -0.25) is 10.1 Å². The molecule has 104 valence electrons. The average Bonchev–Trinajstić information content (AvgIpc) is 2.46. The minimum atomic E-state index is -0.441. The van der Waals surface area contributed by atoms with Crippen LogP contribution in [0.2, 0.25) is 0 Å². The molecular formula is C14H11Br2NO3. The smallest absolute Gasteiger partial charge is 0.312 e. The number of hydrogen-bond acceptors (Lipinski definition) is 3. The van der Waals surface area contributed by atoms with E-state index in [0.29, 0.717) is 9.80 Å². The Kier molecular flexibility index (Phi) is 5.14. The topological polar surface area (TPSA) is 52.4 Å². The molecule has 0 fully saturated rings. The van der Waals surface area contributed by atoms with Crippen molar-refractivity contribution in [2.75, 3.05) is 0 Å². The number of alkyl halides is 1. The maximum atomic E-state index is 11.1. The molecule has 0 spiro atoms. The molecule has 0 unspecified atom stereocenters. The molecule has 0 atom stereocenters. The van der Waals surface area contributed by atoms with Gasteiger partial charge in [-0.2, -0.15) is 0 Å². The summed E-state index contributed by atoms with van der Waals surface area (Å²) in [4.78, 5) is 10.6. The third kappa shape index (κ3) is 3.37. The van der Waals surface area contributed by atoms with Crippen molar-refractivity contribution < 1.29 is 9.66 Å². The first-order chi connectivity index (χ1) is 9.63. The number of nitrogens with zero attached hydrogens (tertiary/aromatic N) is 1. The number of hydrogen-bond donors (Lipinski definition) is 0. The zero-order valence-corrected chi connectivity index (χ0v) is 13.6. The molecule has 2 aromatic carbocycles. The molecule has 0 N–H and O–H groups in total. The Balaban J connectivity index is 2.31. The van der Waals surface area contributed by atoms with E-state index >= 15 is 0 Å². The summed E-state index contributed by atoms with van der Waals surface area (Å²) < 4.78 is 6.26. The Labute approximate surface area is 133 Å². The van der Waals surface area contributed by atoms with E-state index in [-0.39, 0.29) is 18.0 Å². The maximum Gasteiger partial charge on any atom is 0.312 e. The number of nitro groups is 1. The SMILES string of the molecule is O=[N+]([O-])c1ccc(CBr)c(Br)c1OCc1ccccc1. The highest BCUT2D eigenvalue weighted by molar-refractivity contribution is 9.11. The van der Waals surface area contributed by atoms with Crippen molar-refractivity contribution in [2.24, 2.45) is 0 Å². The third-order valence-corrected chi connectivity index (χ3v) is 4.20. The predicted molar refractivity (Wildman–Crippen MR) is 84.2 cm³/mol. The van der Waals surface area contributed by atoms with E-state index in [1.807, 2.05) is 30.3 Å². The Morgan fingerprint density at radius 2 is 1.85 bits per heavy atom. The number of nitro benzene ring substituents is 1. The first-order valence-electron chi connectivity index (χ1n) is 5.82. The quantitative estimate of drug-likeness (QED) is 0.410. The summed E-state index contributed by atoms with van der Waals surface area (Å²) in [5.41, 5.74) is 1.81. The molecule has 0 amide bonds. The molecule has 0 heterocycles. The van der Waals surface area contributed by atoms with Gasteiger partial charge in [-0.15, -0.1) is 0 Å². The normalized spacial score (nSPS) is 10.3. The Morgan fingerprint density at radius 3 is 2.45 bits per heavy atom. The van der Waals surface area contributed by atoms with Crippen LogP contribution < -0.4 is 4.74 Å². The molecule has 0 saturated carbocycles. The van der Waals surface area contributed by atoms with Crippen LogP contribution in [0.3, 0.4) is 0 Å². The molecule has 0 aliphatic rings. The van der Waals surface area contributed by atoms with Crippen LogP contribution in [-0.2, 0) is 11.9 Å². The van der Waals surface area contributed by atoms with Crippen LogP contribution in [0.4, 0.5) is 5.69 Å². The zero-order chi connectivity index (χ0) is 14.5. The highest BCUT2D eigenvalue weighted by Gasteiger charge is 2.20. The highest BCUT2D eigenvalue weighted by atomic mass is 79.9. The van der Waals surface area contributed by atoms with Crippen molar-refractivity contribution >= 4 is 37.5 Å². The van der Waals surface area contributed by atoms with Gasteiger partial charge in [0.05, 0.1) is 9.40 Å². The molecular weight excluding hydrogens is 390 g/mol. The van der Waals surface area contributed by atoms with E-state index in [0.717, 1.165) is 11.1 Å². The number of halogens is 2. The Morgan fingerprint density at radius 1 is 1.15 bits per heavy atom. The second kappa shape index (κ2) is 6.85. The summed E-state index contributed by atoms with van der Waals surface area (Å²) in [6.45, 7) is 0.284. The first kappa shape index (κ1) is 15.0. The fourth-order valence-electron chi connectivity index (χ4n) is 1.70. The van der Waals surface area contributed by atoms with Gasteiger partial charge >= 0.3 is 5.69 Å². The first-order valence-corrected chi connectivity index (χ1v) is 7.73. The third-order valence-electron chi connectivity index (χ3n) is 2.72. The molecule has 0 aliphatic heterocycles. The highest BCUT2D eigenvalue weighted by Crippen LogP contribution is 2.38. The molecule has 6 heteroatoms. The molecule has 0 aliphatic carbocycles. The number of rotatable bonds is 5. The van der Waals surface area contributed by atoms with E-state index in [2.05, 4.69) is 31.9 Å². The molecule has 0 saturated heterocycles. The summed E-state index contributed by atoms with van der Waals surface area (Å²) in [5.74, 6) is 0.260. The van der Waals surface area contributed by atoms with Gasteiger partial charge < -0.3 is 4.74 Å². The summed E-state index contributed by atoms with van der Waals surface area (Å²) in [6, 6.07) is 12.7. The van der Waals surface area contributed by atoms with Crippen LogP contribution in [0.5, 0.6) is 5.75 Å². The van der Waals surface area contributed by atoms with E-state index in [1.54, 1.807) is 6.07 Å². The van der Waals surface area contributed by atoms with Crippen LogP contribution in [0.15, 0.2) is 46.9 Å². The van der Waals surface area contributed by atoms with Gasteiger partial charge in [0, 0.05) is 11.4 Å². The van der Waals surface area contributed by atoms with Gasteiger partial charge in [-0.25, -0.2) is 0 Å². The maximum absolute atomic E-state index is 11.1. The Hall–Kier alpha value is -1.40. The minimum absolute atomic E-state index is 0.0440. The fourth-order valence-corrected chi connectivity index (χ4v) is 3.13. The van der Waals surface area contributed by atoms with Gasteiger partial charge in [0.2, 0.25) is 5.75 Å². The molecule has 4 nitrogen and oxygen atoms in total. The summed E-state index contributed by atoms with van der Waals surface area (Å²) >= 11 is 6.72. The van der Waals surface area contributed by atoms with Crippen LogP contribution >= 0.6 is 31.9 Å². The van der Waals surface area contributed by atoms with Crippen molar-refractivity contribution in [3.63, 3.8) is 0 Å². The van der Waals surface area contributed by atoms with Gasteiger partial charge in [-0.1, -0.05) is 46.3 Å². The van der Waals surface area contributed by atoms with E-state index in [1.165, 1.54) is 6.07 Å². The lowest BCUT2D eigenvalue weighted by Crippen LogP contribution is -2.01. The van der Waals surface area contributed by atoms with Crippen molar-refractivity contribution in [3.8, 4) is 5.75 Å². The lowest BCUT2D eigenvalue weighted by molar-refractivity contribution is -0.386. The summed E-state index contributed by atoms with van der Waals surface area (Å²) in [6.07, 6.45) is 0. The second-order valence-corrected chi connectivity index (χ2v) is 5.41. The van der Waals surface area contributed by atoms with Crippen LogP contribution in [0.25, 0.3) is 0 Å². The molecule has 0 bridgehead atoms. The van der Waals surface area contributed by atoms with Crippen LogP contribution in [0.1, 0.15) is 11.1 Å². The fraction of sp³-hybridized carbons (Fsp3) is 0.143. The van der Waals surface area contributed by atoms with Crippen molar-refractivity contribution in [1.82, 2.24) is 0 Å². The van der Waals surface area contributed by atoms with Crippen LogP contribution in [-0.4, -0.2) is 4.92 Å². The molecule has 2 aromatic rings. The van der Waals surface area contributed by atoms with Gasteiger partial charge in [0.1, 0.15) is 6.61 Å². The van der Waals surface area contributed by atoms with E-state index in [9.17, 15) is 10.1 Å². The van der Waals surface area contributed by atoms with E-state index in [4.69, 9.17) is 4.74 Å². The van der Waals surface area contributed by atoms with Gasteiger partial charge in [-0.05, 0) is 33.1 Å². The lowest BCUT2D eigenvalue weighted by atomic mass is 10.2. The molecule has 20 heavy (non-hydrogen) atoms. The van der Waals surface area contributed by atoms with E-state index < -0.39 is 4.92 Å².